The zero-order chi connectivity index (χ0) is 32.6. The molecular formula is C45H29N3O. The Kier molecular flexibility index (Phi) is 7.10. The van der Waals surface area contributed by atoms with Gasteiger partial charge in [0.05, 0.1) is 0 Å². The van der Waals surface area contributed by atoms with Gasteiger partial charge >= 0.3 is 0 Å². The van der Waals surface area contributed by atoms with Crippen molar-refractivity contribution in [3.8, 4) is 67.5 Å². The van der Waals surface area contributed by atoms with Crippen molar-refractivity contribution in [2.45, 2.75) is 0 Å². The molecule has 0 aliphatic rings. The number of hydrogen-bond acceptors (Lipinski definition) is 4. The molecule has 0 radical (unpaired) electrons. The third-order valence-electron chi connectivity index (χ3n) is 8.91. The Morgan fingerprint density at radius 2 is 0.755 bits per heavy atom. The molecule has 0 saturated carbocycles. The van der Waals surface area contributed by atoms with Gasteiger partial charge in [-0.05, 0) is 69.8 Å². The van der Waals surface area contributed by atoms with Crippen LogP contribution in [0, 0.1) is 0 Å². The standard InChI is InChI=1S/C45H29N3O/c1-4-14-30(15-5-1)35-27-36(31-16-6-2-7-17-31)29-37(28-35)45-47-43(32-18-8-3-9-19-32)46-44(48-45)34-21-12-20-33(26-34)38-23-13-25-41-42(38)39-22-10-11-24-40(39)49-41/h1-29H. The van der Waals surface area contributed by atoms with Crippen LogP contribution < -0.4 is 0 Å². The summed E-state index contributed by atoms with van der Waals surface area (Å²) >= 11 is 0. The van der Waals surface area contributed by atoms with Gasteiger partial charge in [-0.1, -0.05) is 140 Å². The van der Waals surface area contributed by atoms with E-state index in [1.54, 1.807) is 0 Å². The highest BCUT2D eigenvalue weighted by molar-refractivity contribution is 6.12. The summed E-state index contributed by atoms with van der Waals surface area (Å²) in [6.07, 6.45) is 0. The Labute approximate surface area is 284 Å². The quantitative estimate of drug-likeness (QED) is 0.184. The van der Waals surface area contributed by atoms with E-state index in [0.29, 0.717) is 17.5 Å². The normalized spacial score (nSPS) is 11.3. The van der Waals surface area contributed by atoms with Crippen molar-refractivity contribution < 1.29 is 4.42 Å². The molecule has 0 N–H and O–H groups in total. The molecule has 9 rings (SSSR count). The fourth-order valence-corrected chi connectivity index (χ4v) is 6.54. The number of rotatable bonds is 6. The van der Waals surface area contributed by atoms with E-state index in [4.69, 9.17) is 19.4 Å². The molecule has 7 aromatic carbocycles. The van der Waals surface area contributed by atoms with Gasteiger partial charge in [0, 0.05) is 27.5 Å². The maximum absolute atomic E-state index is 6.21. The number of benzene rings is 7. The van der Waals surface area contributed by atoms with Crippen LogP contribution >= 0.6 is 0 Å². The van der Waals surface area contributed by atoms with Crippen molar-refractivity contribution in [2.75, 3.05) is 0 Å². The molecule has 0 saturated heterocycles. The second-order valence-electron chi connectivity index (χ2n) is 12.1. The molecule has 0 spiro atoms. The third-order valence-corrected chi connectivity index (χ3v) is 8.91. The second kappa shape index (κ2) is 12.2. The fourth-order valence-electron chi connectivity index (χ4n) is 6.54. The van der Waals surface area contributed by atoms with Gasteiger partial charge < -0.3 is 4.42 Å². The van der Waals surface area contributed by atoms with Crippen LogP contribution in [0.25, 0.3) is 89.5 Å². The van der Waals surface area contributed by atoms with Crippen LogP contribution in [0.15, 0.2) is 180 Å². The molecule has 2 heterocycles. The van der Waals surface area contributed by atoms with Crippen molar-refractivity contribution >= 4 is 21.9 Å². The van der Waals surface area contributed by atoms with Gasteiger partial charge in [-0.15, -0.1) is 0 Å². The first-order chi connectivity index (χ1) is 24.3. The highest BCUT2D eigenvalue weighted by atomic mass is 16.3. The molecule has 9 aromatic rings. The molecule has 0 atom stereocenters. The molecule has 0 fully saturated rings. The van der Waals surface area contributed by atoms with Gasteiger partial charge in [0.1, 0.15) is 11.2 Å². The average Bonchev–Trinajstić information content (AvgIpc) is 3.58. The van der Waals surface area contributed by atoms with Gasteiger partial charge in [0.2, 0.25) is 0 Å². The summed E-state index contributed by atoms with van der Waals surface area (Å²) in [5.74, 6) is 1.86. The molecule has 0 unspecified atom stereocenters. The maximum atomic E-state index is 6.21. The summed E-state index contributed by atoms with van der Waals surface area (Å²) in [4.78, 5) is 15.3. The largest absolute Gasteiger partial charge is 0.456 e. The molecule has 230 valence electrons. The molecule has 2 aromatic heterocycles. The van der Waals surface area contributed by atoms with Crippen molar-refractivity contribution in [1.82, 2.24) is 15.0 Å². The molecule has 49 heavy (non-hydrogen) atoms. The number of nitrogens with zero attached hydrogens (tertiary/aromatic N) is 3. The van der Waals surface area contributed by atoms with Gasteiger partial charge in [0.15, 0.2) is 17.5 Å². The number of furan rings is 1. The minimum atomic E-state index is 0.612. The van der Waals surface area contributed by atoms with Crippen molar-refractivity contribution in [3.63, 3.8) is 0 Å². The van der Waals surface area contributed by atoms with Crippen LogP contribution in [-0.2, 0) is 0 Å². The minimum Gasteiger partial charge on any atom is -0.456 e. The summed E-state index contributed by atoms with van der Waals surface area (Å²) in [6.45, 7) is 0. The molecule has 4 nitrogen and oxygen atoms in total. The molecular weight excluding hydrogens is 599 g/mol. The summed E-state index contributed by atoms with van der Waals surface area (Å²) in [7, 11) is 0. The zero-order valence-electron chi connectivity index (χ0n) is 26.5. The molecule has 4 heteroatoms. The molecule has 0 bridgehead atoms. The van der Waals surface area contributed by atoms with E-state index in [9.17, 15) is 0 Å². The van der Waals surface area contributed by atoms with Crippen LogP contribution in [0.5, 0.6) is 0 Å². The van der Waals surface area contributed by atoms with Gasteiger partial charge in [-0.25, -0.2) is 15.0 Å². The van der Waals surface area contributed by atoms with E-state index in [1.807, 2.05) is 66.7 Å². The lowest BCUT2D eigenvalue weighted by Gasteiger charge is -2.13. The molecule has 0 aliphatic carbocycles. The van der Waals surface area contributed by atoms with Crippen LogP contribution in [0.1, 0.15) is 0 Å². The summed E-state index contributed by atoms with van der Waals surface area (Å²) in [6, 6.07) is 60.5. The summed E-state index contributed by atoms with van der Waals surface area (Å²) in [5.41, 5.74) is 11.1. The third kappa shape index (κ3) is 5.45. The smallest absolute Gasteiger partial charge is 0.164 e. The Morgan fingerprint density at radius 3 is 1.43 bits per heavy atom. The minimum absolute atomic E-state index is 0.612. The van der Waals surface area contributed by atoms with E-state index < -0.39 is 0 Å². The van der Waals surface area contributed by atoms with Gasteiger partial charge in [-0.2, -0.15) is 0 Å². The van der Waals surface area contributed by atoms with Gasteiger partial charge in [-0.3, -0.25) is 0 Å². The Balaban J connectivity index is 1.24. The van der Waals surface area contributed by atoms with Crippen LogP contribution in [0.3, 0.4) is 0 Å². The van der Waals surface area contributed by atoms with Crippen molar-refractivity contribution in [3.05, 3.63) is 176 Å². The number of aromatic nitrogens is 3. The number of para-hydroxylation sites is 1. The predicted octanol–water partition coefficient (Wildman–Crippen LogP) is 11.8. The Bertz CT molecular complexity index is 2540. The SMILES string of the molecule is c1ccc(-c2cc(-c3ccccc3)cc(-c3nc(-c4ccccc4)nc(-c4cccc(-c5cccc6oc7ccccc7c56)c4)n3)c2)cc1. The first-order valence-corrected chi connectivity index (χ1v) is 16.4. The van der Waals surface area contributed by atoms with E-state index in [0.717, 1.165) is 72.0 Å². The van der Waals surface area contributed by atoms with Crippen molar-refractivity contribution in [2.24, 2.45) is 0 Å². The highest BCUT2D eigenvalue weighted by Crippen LogP contribution is 2.38. The first kappa shape index (κ1) is 28.6. The topological polar surface area (TPSA) is 51.8 Å². The monoisotopic (exact) mass is 627 g/mol. The van der Waals surface area contributed by atoms with E-state index in [-0.39, 0.29) is 0 Å². The number of hydrogen-bond donors (Lipinski definition) is 0. The van der Waals surface area contributed by atoms with Crippen molar-refractivity contribution in [1.29, 1.82) is 0 Å². The molecule has 0 aliphatic heterocycles. The maximum Gasteiger partial charge on any atom is 0.164 e. The van der Waals surface area contributed by atoms with Crippen LogP contribution in [0.4, 0.5) is 0 Å². The summed E-state index contributed by atoms with van der Waals surface area (Å²) in [5, 5.41) is 2.20. The fraction of sp³-hybridized carbons (Fsp3) is 0. The Hall–Kier alpha value is -6.65. The lowest BCUT2D eigenvalue weighted by Crippen LogP contribution is -2.00. The lowest BCUT2D eigenvalue weighted by atomic mass is 9.95. The summed E-state index contributed by atoms with van der Waals surface area (Å²) < 4.78 is 6.21. The van der Waals surface area contributed by atoms with Crippen LogP contribution in [-0.4, -0.2) is 15.0 Å². The second-order valence-corrected chi connectivity index (χ2v) is 12.1. The Morgan fingerprint density at radius 1 is 0.306 bits per heavy atom. The number of fused-ring (bicyclic) bond motifs is 3. The van der Waals surface area contributed by atoms with E-state index in [2.05, 4.69) is 109 Å². The lowest BCUT2D eigenvalue weighted by molar-refractivity contribution is 0.669. The van der Waals surface area contributed by atoms with Crippen LogP contribution in [0.2, 0.25) is 0 Å². The van der Waals surface area contributed by atoms with E-state index in [1.165, 1.54) is 0 Å². The van der Waals surface area contributed by atoms with Gasteiger partial charge in [0.25, 0.3) is 0 Å². The first-order valence-electron chi connectivity index (χ1n) is 16.4. The highest BCUT2D eigenvalue weighted by Gasteiger charge is 2.17. The zero-order valence-corrected chi connectivity index (χ0v) is 26.5. The van der Waals surface area contributed by atoms with E-state index >= 15 is 0 Å². The predicted molar refractivity (Wildman–Crippen MR) is 200 cm³/mol. The average molecular weight is 628 g/mol. The molecule has 0 amide bonds.